The molecule has 3 rings (SSSR count). The molecule has 8 nitrogen and oxygen atoms in total. The molecule has 0 spiro atoms. The number of aromatic nitrogens is 1. The van der Waals surface area contributed by atoms with Gasteiger partial charge in [0.2, 0.25) is 5.88 Å². The number of carbonyl (C=O) groups is 2. The number of ether oxygens (including phenoxy) is 3. The van der Waals surface area contributed by atoms with Crippen molar-refractivity contribution in [2.75, 3.05) is 26.3 Å². The summed E-state index contributed by atoms with van der Waals surface area (Å²) in [4.78, 5) is 29.4. The summed E-state index contributed by atoms with van der Waals surface area (Å²) >= 11 is 0. The molecule has 0 bridgehead atoms. The van der Waals surface area contributed by atoms with Crippen molar-refractivity contribution >= 4 is 11.9 Å². The van der Waals surface area contributed by atoms with Crippen LogP contribution in [0.25, 0.3) is 0 Å². The molecule has 130 valence electrons. The number of hydrogen-bond acceptors (Lipinski definition) is 6. The van der Waals surface area contributed by atoms with E-state index in [0.29, 0.717) is 31.2 Å². The first-order valence-electron chi connectivity index (χ1n) is 7.91. The zero-order valence-electron chi connectivity index (χ0n) is 13.4. The van der Waals surface area contributed by atoms with Gasteiger partial charge in [-0.2, -0.15) is 0 Å². The third-order valence-electron chi connectivity index (χ3n) is 3.98. The highest BCUT2D eigenvalue weighted by atomic mass is 16.5. The maximum absolute atomic E-state index is 12.7. The molecule has 3 atom stereocenters. The lowest BCUT2D eigenvalue weighted by Gasteiger charge is -2.35. The highest BCUT2D eigenvalue weighted by Gasteiger charge is 2.33. The van der Waals surface area contributed by atoms with Crippen LogP contribution >= 0.6 is 0 Å². The quantitative estimate of drug-likeness (QED) is 0.858. The van der Waals surface area contributed by atoms with Crippen LogP contribution in [0, 0.1) is 0 Å². The summed E-state index contributed by atoms with van der Waals surface area (Å²) in [6.07, 6.45) is 0.906. The number of amides is 1. The Bertz CT molecular complexity index is 616. The fourth-order valence-electron chi connectivity index (χ4n) is 2.82. The summed E-state index contributed by atoms with van der Waals surface area (Å²) in [5.74, 6) is -0.960. The molecule has 1 aromatic rings. The zero-order chi connectivity index (χ0) is 17.1. The van der Waals surface area contributed by atoms with Crippen LogP contribution in [0.2, 0.25) is 0 Å². The van der Waals surface area contributed by atoms with E-state index < -0.39 is 12.1 Å². The Labute approximate surface area is 139 Å². The maximum atomic E-state index is 12.7. The first-order chi connectivity index (χ1) is 11.5. The molecule has 2 unspecified atom stereocenters. The van der Waals surface area contributed by atoms with Gasteiger partial charge in [0.05, 0.1) is 25.9 Å². The summed E-state index contributed by atoms with van der Waals surface area (Å²) in [5.41, 5.74) is 0.414. The molecule has 2 aliphatic rings. The lowest BCUT2D eigenvalue weighted by Crippen LogP contribution is -2.51. The number of rotatable bonds is 4. The average molecular weight is 336 g/mol. The Balaban J connectivity index is 1.70. The molecule has 0 aromatic carbocycles. The minimum atomic E-state index is -1.07. The van der Waals surface area contributed by atoms with Crippen LogP contribution in [-0.2, 0) is 14.3 Å². The fourth-order valence-corrected chi connectivity index (χ4v) is 2.82. The topological polar surface area (TPSA) is 98.2 Å². The second-order valence-electron chi connectivity index (χ2n) is 5.97. The van der Waals surface area contributed by atoms with Crippen LogP contribution in [0.3, 0.4) is 0 Å². The number of aliphatic carboxylic acids is 1. The second kappa shape index (κ2) is 7.14. The van der Waals surface area contributed by atoms with Gasteiger partial charge in [-0.1, -0.05) is 0 Å². The molecule has 3 heterocycles. The number of carbonyl (C=O) groups excluding carboxylic acids is 1. The Morgan fingerprint density at radius 2 is 2.25 bits per heavy atom. The Hall–Kier alpha value is -2.19. The van der Waals surface area contributed by atoms with E-state index in [2.05, 4.69) is 4.98 Å². The third-order valence-corrected chi connectivity index (χ3v) is 3.98. The molecule has 2 aliphatic heterocycles. The number of pyridine rings is 1. The molecule has 0 aliphatic carbocycles. The van der Waals surface area contributed by atoms with E-state index in [4.69, 9.17) is 19.3 Å². The van der Waals surface area contributed by atoms with Gasteiger partial charge in [0.15, 0.2) is 6.10 Å². The van der Waals surface area contributed by atoms with E-state index in [1.54, 1.807) is 19.1 Å². The van der Waals surface area contributed by atoms with E-state index in [9.17, 15) is 9.59 Å². The van der Waals surface area contributed by atoms with Crippen LogP contribution in [-0.4, -0.2) is 71.5 Å². The highest BCUT2D eigenvalue weighted by molar-refractivity contribution is 5.94. The number of morpholine rings is 1. The third kappa shape index (κ3) is 3.82. The van der Waals surface area contributed by atoms with Gasteiger partial charge in [-0.25, -0.2) is 9.78 Å². The number of carboxylic acid groups (broad SMARTS) is 1. The van der Waals surface area contributed by atoms with E-state index in [1.807, 2.05) is 0 Å². The molecular formula is C16H20N2O6. The number of carboxylic acids is 1. The molecular weight excluding hydrogens is 316 g/mol. The minimum absolute atomic E-state index is 0.0213. The summed E-state index contributed by atoms with van der Waals surface area (Å²) in [6.45, 7) is 3.29. The van der Waals surface area contributed by atoms with Crippen molar-refractivity contribution in [3.05, 3.63) is 23.9 Å². The average Bonchev–Trinajstić information content (AvgIpc) is 3.06. The smallest absolute Gasteiger partial charge is 0.334 e. The monoisotopic (exact) mass is 336 g/mol. The van der Waals surface area contributed by atoms with Crippen LogP contribution in [0.1, 0.15) is 23.7 Å². The van der Waals surface area contributed by atoms with Crippen molar-refractivity contribution in [2.24, 2.45) is 0 Å². The number of hydrogen-bond donors (Lipinski definition) is 1. The standard InChI is InChI=1S/C16H20N2O6/c1-10-7-18(8-13(23-10)16(20)21)15(19)11-2-4-17-14(6-11)24-12-3-5-22-9-12/h2,4,6,10,12-13H,3,5,7-9H2,1H3,(H,20,21)/t10-,12?,13?/m1/s1. The van der Waals surface area contributed by atoms with E-state index in [-0.39, 0.29) is 24.7 Å². The van der Waals surface area contributed by atoms with E-state index in [0.717, 1.165) is 6.42 Å². The largest absolute Gasteiger partial charge is 0.479 e. The molecule has 2 fully saturated rings. The predicted octanol–water partition coefficient (Wildman–Crippen LogP) is 0.563. The summed E-state index contributed by atoms with van der Waals surface area (Å²) in [6, 6.07) is 3.17. The van der Waals surface area contributed by atoms with Gasteiger partial charge in [-0.05, 0) is 13.0 Å². The summed E-state index contributed by atoms with van der Waals surface area (Å²) in [5, 5.41) is 9.12. The molecule has 1 amide bonds. The van der Waals surface area contributed by atoms with Gasteiger partial charge in [-0.3, -0.25) is 4.79 Å². The van der Waals surface area contributed by atoms with Crippen LogP contribution in [0.5, 0.6) is 5.88 Å². The van der Waals surface area contributed by atoms with E-state index in [1.165, 1.54) is 11.1 Å². The van der Waals surface area contributed by atoms with Crippen molar-refractivity contribution in [2.45, 2.75) is 31.7 Å². The lowest BCUT2D eigenvalue weighted by molar-refractivity contribution is -0.160. The van der Waals surface area contributed by atoms with Gasteiger partial charge in [0.1, 0.15) is 6.10 Å². The normalized spacial score (nSPS) is 27.0. The van der Waals surface area contributed by atoms with Crippen molar-refractivity contribution in [1.82, 2.24) is 9.88 Å². The summed E-state index contributed by atoms with van der Waals surface area (Å²) < 4.78 is 16.3. The Morgan fingerprint density at radius 1 is 1.42 bits per heavy atom. The molecule has 1 aromatic heterocycles. The van der Waals surface area contributed by atoms with Gasteiger partial charge in [0.25, 0.3) is 5.91 Å². The van der Waals surface area contributed by atoms with Gasteiger partial charge < -0.3 is 24.2 Å². The molecule has 24 heavy (non-hydrogen) atoms. The van der Waals surface area contributed by atoms with Gasteiger partial charge in [0, 0.05) is 30.8 Å². The first kappa shape index (κ1) is 16.7. The number of nitrogens with zero attached hydrogens (tertiary/aromatic N) is 2. The maximum Gasteiger partial charge on any atom is 0.334 e. The lowest BCUT2D eigenvalue weighted by atomic mass is 10.1. The van der Waals surface area contributed by atoms with Crippen LogP contribution < -0.4 is 4.74 Å². The van der Waals surface area contributed by atoms with Crippen molar-refractivity contribution in [1.29, 1.82) is 0 Å². The molecule has 1 N–H and O–H groups in total. The fraction of sp³-hybridized carbons (Fsp3) is 0.562. The molecule has 2 saturated heterocycles. The first-order valence-corrected chi connectivity index (χ1v) is 7.91. The zero-order valence-corrected chi connectivity index (χ0v) is 13.4. The predicted molar refractivity (Wildman–Crippen MR) is 82.0 cm³/mol. The second-order valence-corrected chi connectivity index (χ2v) is 5.97. The van der Waals surface area contributed by atoms with Gasteiger partial charge >= 0.3 is 5.97 Å². The minimum Gasteiger partial charge on any atom is -0.479 e. The van der Waals surface area contributed by atoms with Crippen molar-refractivity contribution in [3.8, 4) is 5.88 Å². The van der Waals surface area contributed by atoms with E-state index >= 15 is 0 Å². The van der Waals surface area contributed by atoms with Crippen molar-refractivity contribution in [3.63, 3.8) is 0 Å². The SMILES string of the molecule is C[C@@H]1CN(C(=O)c2ccnc(OC3CCOC3)c2)CC(C(=O)O)O1. The Kier molecular flexibility index (Phi) is 4.96. The highest BCUT2D eigenvalue weighted by Crippen LogP contribution is 2.19. The summed E-state index contributed by atoms with van der Waals surface area (Å²) in [7, 11) is 0. The van der Waals surface area contributed by atoms with Crippen LogP contribution in [0.4, 0.5) is 0 Å². The van der Waals surface area contributed by atoms with Crippen molar-refractivity contribution < 1.29 is 28.9 Å². The molecule has 8 heteroatoms. The van der Waals surface area contributed by atoms with Gasteiger partial charge in [-0.15, -0.1) is 0 Å². The molecule has 0 saturated carbocycles. The van der Waals surface area contributed by atoms with Crippen LogP contribution in [0.15, 0.2) is 18.3 Å². The molecule has 0 radical (unpaired) electrons. The Morgan fingerprint density at radius 3 is 2.96 bits per heavy atom.